The largest absolute Gasteiger partial charge is 0.491 e. The number of carbonyl (C=O) groups is 1. The lowest BCUT2D eigenvalue weighted by Crippen LogP contribution is -2.09. The van der Waals surface area contributed by atoms with Gasteiger partial charge in [-0.05, 0) is 36.8 Å². The lowest BCUT2D eigenvalue weighted by molar-refractivity contribution is 0.0696. The molecule has 0 saturated carbocycles. The Balaban J connectivity index is 1.95. The van der Waals surface area contributed by atoms with E-state index >= 15 is 0 Å². The molecular formula is C13H14N2O3. The minimum atomic E-state index is -0.929. The highest BCUT2D eigenvalue weighted by molar-refractivity contribution is 5.88. The smallest absolute Gasteiger partial charge is 0.335 e. The number of carboxylic acid groups (broad SMARTS) is 1. The molecule has 0 unspecified atom stereocenters. The van der Waals surface area contributed by atoms with Gasteiger partial charge in [0.25, 0.3) is 0 Å². The van der Waals surface area contributed by atoms with Gasteiger partial charge < -0.3 is 9.84 Å². The van der Waals surface area contributed by atoms with Crippen LogP contribution < -0.4 is 4.74 Å². The molecule has 2 rings (SSSR count). The lowest BCUT2D eigenvalue weighted by Gasteiger charge is -2.09. The second-order valence-corrected chi connectivity index (χ2v) is 3.90. The first-order valence-electron chi connectivity index (χ1n) is 5.61. The van der Waals surface area contributed by atoms with E-state index in [0.29, 0.717) is 18.9 Å². The average Bonchev–Trinajstić information content (AvgIpc) is 2.84. The summed E-state index contributed by atoms with van der Waals surface area (Å²) in [4.78, 5) is 10.8. The summed E-state index contributed by atoms with van der Waals surface area (Å²) in [5, 5.41) is 12.9. The van der Waals surface area contributed by atoms with Gasteiger partial charge in [-0.1, -0.05) is 0 Å². The third-order valence-electron chi connectivity index (χ3n) is 2.56. The third kappa shape index (κ3) is 2.88. The van der Waals surface area contributed by atoms with E-state index in [1.165, 1.54) is 0 Å². The maximum Gasteiger partial charge on any atom is 0.335 e. The monoisotopic (exact) mass is 246 g/mol. The van der Waals surface area contributed by atoms with Gasteiger partial charge in [0.2, 0.25) is 0 Å². The normalized spacial score (nSPS) is 10.3. The fourth-order valence-corrected chi connectivity index (χ4v) is 1.63. The highest BCUT2D eigenvalue weighted by Crippen LogP contribution is 2.19. The first-order chi connectivity index (χ1) is 8.66. The molecule has 0 aliphatic heterocycles. The molecule has 2 aromatic rings. The van der Waals surface area contributed by atoms with Gasteiger partial charge in [-0.3, -0.25) is 4.68 Å². The molecule has 0 aliphatic rings. The summed E-state index contributed by atoms with van der Waals surface area (Å²) >= 11 is 0. The molecule has 18 heavy (non-hydrogen) atoms. The van der Waals surface area contributed by atoms with Crippen molar-refractivity contribution < 1.29 is 14.6 Å². The van der Waals surface area contributed by atoms with Crippen LogP contribution in [0.4, 0.5) is 0 Å². The van der Waals surface area contributed by atoms with Crippen LogP contribution in [0, 0.1) is 6.92 Å². The number of hydrogen-bond donors (Lipinski definition) is 1. The van der Waals surface area contributed by atoms with Crippen LogP contribution in [0.25, 0.3) is 0 Å². The van der Waals surface area contributed by atoms with E-state index in [2.05, 4.69) is 5.10 Å². The van der Waals surface area contributed by atoms with Gasteiger partial charge in [0.1, 0.15) is 12.4 Å². The maximum absolute atomic E-state index is 10.8. The zero-order valence-corrected chi connectivity index (χ0v) is 10.0. The predicted octanol–water partition coefficient (Wildman–Crippen LogP) is 1.97. The molecule has 0 radical (unpaired) electrons. The molecule has 0 amide bonds. The third-order valence-corrected chi connectivity index (χ3v) is 2.56. The van der Waals surface area contributed by atoms with Crippen LogP contribution in [-0.4, -0.2) is 27.5 Å². The van der Waals surface area contributed by atoms with Gasteiger partial charge >= 0.3 is 5.97 Å². The number of ether oxygens (including phenoxy) is 1. The van der Waals surface area contributed by atoms with Crippen molar-refractivity contribution in [1.82, 2.24) is 9.78 Å². The molecular weight excluding hydrogens is 232 g/mol. The van der Waals surface area contributed by atoms with Gasteiger partial charge in [-0.25, -0.2) is 4.79 Å². The van der Waals surface area contributed by atoms with Crippen LogP contribution in [0.3, 0.4) is 0 Å². The van der Waals surface area contributed by atoms with Crippen molar-refractivity contribution in [3.8, 4) is 5.75 Å². The van der Waals surface area contributed by atoms with E-state index in [0.717, 1.165) is 5.56 Å². The number of hydrogen-bond acceptors (Lipinski definition) is 3. The molecule has 5 heteroatoms. The Morgan fingerprint density at radius 3 is 2.94 bits per heavy atom. The summed E-state index contributed by atoms with van der Waals surface area (Å²) in [5.41, 5.74) is 1.09. The van der Waals surface area contributed by atoms with Gasteiger partial charge in [0.05, 0.1) is 12.1 Å². The summed E-state index contributed by atoms with van der Waals surface area (Å²) < 4.78 is 7.37. The van der Waals surface area contributed by atoms with Gasteiger partial charge in [0.15, 0.2) is 0 Å². The molecule has 94 valence electrons. The molecule has 1 aromatic carbocycles. The summed E-state index contributed by atoms with van der Waals surface area (Å²) in [6.07, 6.45) is 3.58. The Labute approximate surface area is 105 Å². The van der Waals surface area contributed by atoms with Crippen LogP contribution in [-0.2, 0) is 6.54 Å². The van der Waals surface area contributed by atoms with E-state index in [4.69, 9.17) is 9.84 Å². The minimum absolute atomic E-state index is 0.270. The molecule has 0 atom stereocenters. The van der Waals surface area contributed by atoms with E-state index < -0.39 is 5.97 Å². The fourth-order valence-electron chi connectivity index (χ4n) is 1.63. The zero-order valence-electron chi connectivity index (χ0n) is 10.0. The first-order valence-corrected chi connectivity index (χ1v) is 5.61. The first kappa shape index (κ1) is 12.2. The topological polar surface area (TPSA) is 64.3 Å². The summed E-state index contributed by atoms with van der Waals surface area (Å²) in [6, 6.07) is 6.68. The van der Waals surface area contributed by atoms with E-state index in [1.54, 1.807) is 29.1 Å². The second-order valence-electron chi connectivity index (χ2n) is 3.90. The SMILES string of the molecule is Cc1cc(C(=O)O)ccc1OCCn1cccn1. The molecule has 1 aromatic heterocycles. The molecule has 0 spiro atoms. The fraction of sp³-hybridized carbons (Fsp3) is 0.231. The van der Waals surface area contributed by atoms with Gasteiger partial charge in [-0.2, -0.15) is 5.10 Å². The highest BCUT2D eigenvalue weighted by Gasteiger charge is 2.06. The second kappa shape index (κ2) is 5.35. The number of rotatable bonds is 5. The average molecular weight is 246 g/mol. The number of aromatic nitrogens is 2. The molecule has 0 saturated heterocycles. The number of benzene rings is 1. The number of nitrogens with zero attached hydrogens (tertiary/aromatic N) is 2. The van der Waals surface area contributed by atoms with Crippen LogP contribution >= 0.6 is 0 Å². The van der Waals surface area contributed by atoms with E-state index in [9.17, 15) is 4.79 Å². The number of aromatic carboxylic acids is 1. The Kier molecular flexibility index (Phi) is 3.62. The van der Waals surface area contributed by atoms with Crippen molar-refractivity contribution in [2.24, 2.45) is 0 Å². The number of aryl methyl sites for hydroxylation is 1. The summed E-state index contributed by atoms with van der Waals surface area (Å²) in [7, 11) is 0. The quantitative estimate of drug-likeness (QED) is 0.876. The van der Waals surface area contributed by atoms with Crippen molar-refractivity contribution in [3.63, 3.8) is 0 Å². The lowest BCUT2D eigenvalue weighted by atomic mass is 10.1. The Morgan fingerprint density at radius 2 is 2.33 bits per heavy atom. The molecule has 1 N–H and O–H groups in total. The maximum atomic E-state index is 10.8. The van der Waals surface area contributed by atoms with E-state index in [-0.39, 0.29) is 5.56 Å². The van der Waals surface area contributed by atoms with Crippen molar-refractivity contribution in [2.45, 2.75) is 13.5 Å². The Hall–Kier alpha value is -2.30. The molecule has 1 heterocycles. The van der Waals surface area contributed by atoms with Crippen LogP contribution in [0.1, 0.15) is 15.9 Å². The Bertz CT molecular complexity index is 535. The van der Waals surface area contributed by atoms with Crippen molar-refractivity contribution in [1.29, 1.82) is 0 Å². The van der Waals surface area contributed by atoms with Crippen molar-refractivity contribution >= 4 is 5.97 Å². The van der Waals surface area contributed by atoms with Gasteiger partial charge in [-0.15, -0.1) is 0 Å². The zero-order chi connectivity index (χ0) is 13.0. The number of carboxylic acids is 1. The van der Waals surface area contributed by atoms with Gasteiger partial charge in [0, 0.05) is 12.4 Å². The standard InChI is InChI=1S/C13H14N2O3/c1-10-9-11(13(16)17)3-4-12(10)18-8-7-15-6-2-5-14-15/h2-6,9H,7-8H2,1H3,(H,16,17). The highest BCUT2D eigenvalue weighted by atomic mass is 16.5. The van der Waals surface area contributed by atoms with Crippen LogP contribution in [0.2, 0.25) is 0 Å². The van der Waals surface area contributed by atoms with Crippen LogP contribution in [0.15, 0.2) is 36.7 Å². The Morgan fingerprint density at radius 1 is 1.50 bits per heavy atom. The predicted molar refractivity (Wildman–Crippen MR) is 65.9 cm³/mol. The van der Waals surface area contributed by atoms with Crippen LogP contribution in [0.5, 0.6) is 5.75 Å². The van der Waals surface area contributed by atoms with Crippen molar-refractivity contribution in [3.05, 3.63) is 47.8 Å². The molecule has 0 bridgehead atoms. The molecule has 0 fully saturated rings. The summed E-state index contributed by atoms with van der Waals surface area (Å²) in [6.45, 7) is 2.98. The summed E-state index contributed by atoms with van der Waals surface area (Å²) in [5.74, 6) is -0.228. The van der Waals surface area contributed by atoms with E-state index in [1.807, 2.05) is 19.2 Å². The van der Waals surface area contributed by atoms with Crippen molar-refractivity contribution in [2.75, 3.05) is 6.61 Å². The minimum Gasteiger partial charge on any atom is -0.491 e. The molecule has 0 aliphatic carbocycles. The molecule has 5 nitrogen and oxygen atoms in total.